The van der Waals surface area contributed by atoms with Crippen molar-refractivity contribution in [2.45, 2.75) is 45.9 Å². The van der Waals surface area contributed by atoms with E-state index in [1.54, 1.807) is 0 Å². The van der Waals surface area contributed by atoms with E-state index in [4.69, 9.17) is 10.5 Å². The lowest BCUT2D eigenvalue weighted by Crippen LogP contribution is -2.40. The van der Waals surface area contributed by atoms with Crippen LogP contribution in [-0.4, -0.2) is 18.6 Å². The number of carbonyl (C=O) groups is 1. The minimum absolute atomic E-state index is 0.0831. The molecule has 19 heavy (non-hydrogen) atoms. The Kier molecular flexibility index (Phi) is 7.15. The van der Waals surface area contributed by atoms with Crippen molar-refractivity contribution in [2.75, 3.05) is 6.61 Å². The Morgan fingerprint density at radius 3 is 2.47 bits per heavy atom. The predicted octanol–water partition coefficient (Wildman–Crippen LogP) is 1.97. The molecule has 4 heteroatoms. The van der Waals surface area contributed by atoms with Gasteiger partial charge < -0.3 is 15.8 Å². The molecule has 1 aromatic rings. The molecule has 0 saturated heterocycles. The van der Waals surface area contributed by atoms with Crippen molar-refractivity contribution < 1.29 is 9.53 Å². The highest BCUT2D eigenvalue weighted by Gasteiger charge is 2.11. The zero-order chi connectivity index (χ0) is 14.1. The first-order valence-electron chi connectivity index (χ1n) is 6.86. The van der Waals surface area contributed by atoms with E-state index < -0.39 is 6.04 Å². The van der Waals surface area contributed by atoms with E-state index in [-0.39, 0.29) is 5.91 Å². The van der Waals surface area contributed by atoms with Crippen molar-refractivity contribution in [1.82, 2.24) is 5.32 Å². The van der Waals surface area contributed by atoms with Gasteiger partial charge >= 0.3 is 0 Å². The van der Waals surface area contributed by atoms with Crippen LogP contribution in [0.25, 0.3) is 0 Å². The maximum absolute atomic E-state index is 11.7. The summed E-state index contributed by atoms with van der Waals surface area (Å²) in [6.07, 6.45) is 1.64. The third-order valence-corrected chi connectivity index (χ3v) is 2.90. The molecule has 0 spiro atoms. The molecular weight excluding hydrogens is 240 g/mol. The summed E-state index contributed by atoms with van der Waals surface area (Å²) in [4.78, 5) is 11.7. The first-order valence-corrected chi connectivity index (χ1v) is 6.86. The van der Waals surface area contributed by atoms with Gasteiger partial charge in [-0.25, -0.2) is 0 Å². The van der Waals surface area contributed by atoms with Gasteiger partial charge in [0.15, 0.2) is 0 Å². The lowest BCUT2D eigenvalue weighted by Gasteiger charge is -2.11. The summed E-state index contributed by atoms with van der Waals surface area (Å²) in [5.41, 5.74) is 7.95. The Balaban J connectivity index is 2.39. The van der Waals surface area contributed by atoms with E-state index in [2.05, 4.69) is 5.32 Å². The molecule has 1 rings (SSSR count). The van der Waals surface area contributed by atoms with Gasteiger partial charge in [0.2, 0.25) is 5.91 Å². The monoisotopic (exact) mass is 264 g/mol. The molecule has 3 N–H and O–H groups in total. The van der Waals surface area contributed by atoms with Gasteiger partial charge in [0.1, 0.15) is 0 Å². The molecule has 1 atom stereocenters. The fraction of sp³-hybridized carbons (Fsp3) is 0.533. The fourth-order valence-electron chi connectivity index (χ4n) is 1.74. The summed E-state index contributed by atoms with van der Waals surface area (Å²) >= 11 is 0. The second-order valence-corrected chi connectivity index (χ2v) is 4.57. The van der Waals surface area contributed by atoms with Crippen LogP contribution in [0.3, 0.4) is 0 Å². The molecule has 0 saturated carbocycles. The Labute approximate surface area is 115 Å². The van der Waals surface area contributed by atoms with Gasteiger partial charge in [-0.2, -0.15) is 0 Å². The highest BCUT2D eigenvalue weighted by atomic mass is 16.5. The summed E-state index contributed by atoms with van der Waals surface area (Å²) in [5, 5.41) is 2.85. The van der Waals surface area contributed by atoms with Gasteiger partial charge in [0, 0.05) is 13.2 Å². The second kappa shape index (κ2) is 8.67. The van der Waals surface area contributed by atoms with Crippen LogP contribution in [0.5, 0.6) is 0 Å². The lowest BCUT2D eigenvalue weighted by atomic mass is 10.1. The highest BCUT2D eigenvalue weighted by Crippen LogP contribution is 2.06. The Hall–Kier alpha value is -1.39. The minimum Gasteiger partial charge on any atom is -0.377 e. The number of nitrogens with one attached hydrogen (secondary N) is 1. The number of hydrogen-bond donors (Lipinski definition) is 2. The molecule has 0 aliphatic rings. The normalized spacial score (nSPS) is 12.2. The number of benzene rings is 1. The Morgan fingerprint density at radius 2 is 1.89 bits per heavy atom. The molecule has 4 nitrogen and oxygen atoms in total. The van der Waals surface area contributed by atoms with Crippen LogP contribution in [0.2, 0.25) is 0 Å². The first-order chi connectivity index (χ1) is 9.17. The molecule has 1 aromatic carbocycles. The lowest BCUT2D eigenvalue weighted by molar-refractivity contribution is -0.122. The quantitative estimate of drug-likeness (QED) is 0.754. The average Bonchev–Trinajstić information content (AvgIpc) is 2.43. The molecule has 106 valence electrons. The first kappa shape index (κ1) is 15.7. The fourth-order valence-corrected chi connectivity index (χ4v) is 1.74. The van der Waals surface area contributed by atoms with E-state index in [1.807, 2.05) is 38.1 Å². The van der Waals surface area contributed by atoms with Gasteiger partial charge in [0.05, 0.1) is 12.6 Å². The summed E-state index contributed by atoms with van der Waals surface area (Å²) in [7, 11) is 0. The van der Waals surface area contributed by atoms with E-state index in [1.165, 1.54) is 0 Å². The number of hydrogen-bond acceptors (Lipinski definition) is 3. The van der Waals surface area contributed by atoms with Crippen LogP contribution >= 0.6 is 0 Å². The number of amides is 1. The zero-order valence-corrected chi connectivity index (χ0v) is 11.8. The van der Waals surface area contributed by atoms with Gasteiger partial charge in [0.25, 0.3) is 0 Å². The van der Waals surface area contributed by atoms with Gasteiger partial charge in [-0.1, -0.05) is 37.6 Å². The van der Waals surface area contributed by atoms with Crippen LogP contribution in [0, 0.1) is 0 Å². The standard InChI is InChI=1S/C15H24N2O2/c1-3-5-14(16)15(18)17-10-12-6-8-13(9-7-12)11-19-4-2/h6-9,14H,3-5,10-11,16H2,1-2H3,(H,17,18). The zero-order valence-electron chi connectivity index (χ0n) is 11.8. The van der Waals surface area contributed by atoms with Crippen LogP contribution in [-0.2, 0) is 22.7 Å². The van der Waals surface area contributed by atoms with E-state index in [0.29, 0.717) is 19.8 Å². The predicted molar refractivity (Wildman–Crippen MR) is 76.5 cm³/mol. The summed E-state index contributed by atoms with van der Waals surface area (Å²) in [6, 6.07) is 7.63. The van der Waals surface area contributed by atoms with Crippen molar-refractivity contribution in [3.8, 4) is 0 Å². The average molecular weight is 264 g/mol. The van der Waals surface area contributed by atoms with Crippen molar-refractivity contribution in [3.63, 3.8) is 0 Å². The van der Waals surface area contributed by atoms with Gasteiger partial charge in [-0.15, -0.1) is 0 Å². The molecule has 0 aliphatic heterocycles. The number of carbonyl (C=O) groups excluding carboxylic acids is 1. The van der Waals surface area contributed by atoms with Crippen LogP contribution < -0.4 is 11.1 Å². The van der Waals surface area contributed by atoms with Crippen molar-refractivity contribution >= 4 is 5.91 Å². The molecule has 0 fully saturated rings. The molecule has 0 aromatic heterocycles. The van der Waals surface area contributed by atoms with Crippen molar-refractivity contribution in [1.29, 1.82) is 0 Å². The van der Waals surface area contributed by atoms with E-state index in [9.17, 15) is 4.79 Å². The molecule has 0 aliphatic carbocycles. The molecule has 0 bridgehead atoms. The third kappa shape index (κ3) is 5.85. The van der Waals surface area contributed by atoms with Gasteiger partial charge in [-0.05, 0) is 24.5 Å². The molecule has 0 radical (unpaired) electrons. The van der Waals surface area contributed by atoms with Gasteiger partial charge in [-0.3, -0.25) is 4.79 Å². The number of ether oxygens (including phenoxy) is 1. The Bertz CT molecular complexity index is 376. The maximum atomic E-state index is 11.7. The third-order valence-electron chi connectivity index (χ3n) is 2.90. The topological polar surface area (TPSA) is 64.4 Å². The van der Waals surface area contributed by atoms with Crippen LogP contribution in [0.15, 0.2) is 24.3 Å². The van der Waals surface area contributed by atoms with E-state index in [0.717, 1.165) is 24.0 Å². The Morgan fingerprint density at radius 1 is 1.26 bits per heavy atom. The van der Waals surface area contributed by atoms with Crippen molar-refractivity contribution in [3.05, 3.63) is 35.4 Å². The minimum atomic E-state index is -0.401. The van der Waals surface area contributed by atoms with E-state index >= 15 is 0 Å². The summed E-state index contributed by atoms with van der Waals surface area (Å²) in [6.45, 7) is 5.86. The molecule has 1 amide bonds. The van der Waals surface area contributed by atoms with Crippen molar-refractivity contribution in [2.24, 2.45) is 5.73 Å². The number of nitrogens with two attached hydrogens (primary N) is 1. The smallest absolute Gasteiger partial charge is 0.237 e. The maximum Gasteiger partial charge on any atom is 0.237 e. The summed E-state index contributed by atoms with van der Waals surface area (Å²) < 4.78 is 5.33. The van der Waals surface area contributed by atoms with Crippen LogP contribution in [0.1, 0.15) is 37.8 Å². The second-order valence-electron chi connectivity index (χ2n) is 4.57. The molecular formula is C15H24N2O2. The van der Waals surface area contributed by atoms with Crippen LogP contribution in [0.4, 0.5) is 0 Å². The molecule has 1 unspecified atom stereocenters. The summed E-state index contributed by atoms with van der Waals surface area (Å²) in [5.74, 6) is -0.0831. The number of rotatable bonds is 8. The largest absolute Gasteiger partial charge is 0.377 e. The SMILES string of the molecule is CCCC(N)C(=O)NCc1ccc(COCC)cc1. The highest BCUT2D eigenvalue weighted by molar-refractivity contribution is 5.81. The molecule has 0 heterocycles.